The number of nitrogen functional groups attached to an aromatic ring is 2. The highest BCUT2D eigenvalue weighted by molar-refractivity contribution is 5.60. The summed E-state index contributed by atoms with van der Waals surface area (Å²) in [4.78, 5) is 0. The number of hydrogen-bond acceptors (Lipinski definition) is 3. The topological polar surface area (TPSA) is 61.3 Å². The zero-order chi connectivity index (χ0) is 17.5. The van der Waals surface area contributed by atoms with Crippen LogP contribution < -0.4 is 16.2 Å². The van der Waals surface area contributed by atoms with E-state index in [0.717, 1.165) is 18.8 Å². The first-order chi connectivity index (χ1) is 11.7. The SMILES string of the molecule is CCCCCCCCCCCCCCCOc1ccc(N)cc1N. The Balaban J connectivity index is 1.84. The summed E-state index contributed by atoms with van der Waals surface area (Å²) in [5.41, 5.74) is 12.9. The van der Waals surface area contributed by atoms with E-state index in [0.29, 0.717) is 11.4 Å². The van der Waals surface area contributed by atoms with Gasteiger partial charge < -0.3 is 16.2 Å². The third-order valence-electron chi connectivity index (χ3n) is 4.54. The van der Waals surface area contributed by atoms with Gasteiger partial charge in [-0.05, 0) is 24.6 Å². The molecule has 1 aromatic carbocycles. The highest BCUT2D eigenvalue weighted by atomic mass is 16.5. The van der Waals surface area contributed by atoms with E-state index in [2.05, 4.69) is 6.92 Å². The van der Waals surface area contributed by atoms with Gasteiger partial charge in [0.1, 0.15) is 5.75 Å². The van der Waals surface area contributed by atoms with E-state index >= 15 is 0 Å². The third-order valence-corrected chi connectivity index (χ3v) is 4.54. The molecule has 0 heterocycles. The molecule has 0 bridgehead atoms. The number of benzene rings is 1. The minimum atomic E-state index is 0.629. The minimum Gasteiger partial charge on any atom is -0.491 e. The molecule has 0 saturated carbocycles. The molecule has 24 heavy (non-hydrogen) atoms. The lowest BCUT2D eigenvalue weighted by molar-refractivity contribution is 0.306. The smallest absolute Gasteiger partial charge is 0.142 e. The summed E-state index contributed by atoms with van der Waals surface area (Å²) in [6, 6.07) is 5.43. The lowest BCUT2D eigenvalue weighted by Crippen LogP contribution is -2.01. The summed E-state index contributed by atoms with van der Waals surface area (Å²) in [6.07, 6.45) is 17.7. The van der Waals surface area contributed by atoms with Crippen LogP contribution in [0.5, 0.6) is 5.75 Å². The van der Waals surface area contributed by atoms with Gasteiger partial charge in [-0.25, -0.2) is 0 Å². The predicted octanol–water partition coefficient (Wildman–Crippen LogP) is 6.32. The van der Waals surface area contributed by atoms with Crippen molar-refractivity contribution >= 4 is 11.4 Å². The van der Waals surface area contributed by atoms with Gasteiger partial charge in [0, 0.05) is 5.69 Å². The maximum absolute atomic E-state index is 5.87. The summed E-state index contributed by atoms with van der Waals surface area (Å²) in [7, 11) is 0. The molecule has 0 spiro atoms. The van der Waals surface area contributed by atoms with E-state index in [1.54, 1.807) is 6.07 Å². The zero-order valence-corrected chi connectivity index (χ0v) is 15.7. The van der Waals surface area contributed by atoms with E-state index in [4.69, 9.17) is 16.2 Å². The molecule has 138 valence electrons. The molecule has 0 aliphatic heterocycles. The standard InChI is InChI=1S/C21H38N2O/c1-2-3-4-5-6-7-8-9-10-11-12-13-14-17-24-21-16-15-19(22)18-20(21)23/h15-16,18H,2-14,17,22-23H2,1H3. The third kappa shape index (κ3) is 10.4. The molecule has 0 fully saturated rings. The van der Waals surface area contributed by atoms with E-state index < -0.39 is 0 Å². The quantitative estimate of drug-likeness (QED) is 0.291. The van der Waals surface area contributed by atoms with Crippen LogP contribution in [0.15, 0.2) is 18.2 Å². The van der Waals surface area contributed by atoms with Crippen molar-refractivity contribution in [1.29, 1.82) is 0 Å². The van der Waals surface area contributed by atoms with E-state index in [1.807, 2.05) is 12.1 Å². The van der Waals surface area contributed by atoms with Gasteiger partial charge in [-0.15, -0.1) is 0 Å². The van der Waals surface area contributed by atoms with Gasteiger partial charge in [0.25, 0.3) is 0 Å². The van der Waals surface area contributed by atoms with Crippen molar-refractivity contribution in [1.82, 2.24) is 0 Å². The van der Waals surface area contributed by atoms with Crippen LogP contribution >= 0.6 is 0 Å². The van der Waals surface area contributed by atoms with Crippen molar-refractivity contribution in [3.8, 4) is 5.75 Å². The van der Waals surface area contributed by atoms with E-state index in [-0.39, 0.29) is 0 Å². The van der Waals surface area contributed by atoms with Crippen molar-refractivity contribution in [3.05, 3.63) is 18.2 Å². The van der Waals surface area contributed by atoms with Gasteiger partial charge in [0.15, 0.2) is 0 Å². The van der Waals surface area contributed by atoms with Gasteiger partial charge >= 0.3 is 0 Å². The van der Waals surface area contributed by atoms with Crippen LogP contribution in [0, 0.1) is 0 Å². The van der Waals surface area contributed by atoms with Gasteiger partial charge in [0.2, 0.25) is 0 Å². The Morgan fingerprint density at radius 2 is 1.21 bits per heavy atom. The van der Waals surface area contributed by atoms with Crippen LogP contribution in [-0.4, -0.2) is 6.61 Å². The van der Waals surface area contributed by atoms with Crippen LogP contribution in [0.3, 0.4) is 0 Å². The first kappa shape index (κ1) is 20.7. The second-order valence-electron chi connectivity index (χ2n) is 6.89. The van der Waals surface area contributed by atoms with Crippen molar-refractivity contribution < 1.29 is 4.74 Å². The van der Waals surface area contributed by atoms with Crippen LogP contribution in [-0.2, 0) is 0 Å². The first-order valence-electron chi connectivity index (χ1n) is 10.0. The molecule has 1 aromatic rings. The maximum Gasteiger partial charge on any atom is 0.142 e. The average molecular weight is 335 g/mol. The van der Waals surface area contributed by atoms with Crippen LogP contribution in [0.2, 0.25) is 0 Å². The summed E-state index contributed by atoms with van der Waals surface area (Å²) in [6.45, 7) is 3.02. The van der Waals surface area contributed by atoms with E-state index in [9.17, 15) is 0 Å². The Hall–Kier alpha value is -1.38. The number of anilines is 2. The summed E-state index contributed by atoms with van der Waals surface area (Å²) in [5.74, 6) is 0.753. The monoisotopic (exact) mass is 334 g/mol. The fourth-order valence-electron chi connectivity index (χ4n) is 3.00. The normalized spacial score (nSPS) is 10.9. The first-order valence-corrected chi connectivity index (χ1v) is 10.0. The fourth-order valence-corrected chi connectivity index (χ4v) is 3.00. The number of hydrogen-bond donors (Lipinski definition) is 2. The largest absolute Gasteiger partial charge is 0.491 e. The minimum absolute atomic E-state index is 0.629. The maximum atomic E-state index is 5.87. The predicted molar refractivity (Wildman–Crippen MR) is 106 cm³/mol. The number of unbranched alkanes of at least 4 members (excludes halogenated alkanes) is 12. The molecule has 1 rings (SSSR count). The molecule has 3 heteroatoms. The molecule has 0 aliphatic carbocycles. The van der Waals surface area contributed by atoms with Gasteiger partial charge in [-0.1, -0.05) is 84.0 Å². The molecule has 4 N–H and O–H groups in total. The van der Waals surface area contributed by atoms with Gasteiger partial charge in [-0.3, -0.25) is 0 Å². The Morgan fingerprint density at radius 1 is 0.708 bits per heavy atom. The second kappa shape index (κ2) is 14.0. The van der Waals surface area contributed by atoms with Gasteiger partial charge in [0.05, 0.1) is 12.3 Å². The number of ether oxygens (including phenoxy) is 1. The Morgan fingerprint density at radius 3 is 1.71 bits per heavy atom. The number of nitrogens with two attached hydrogens (primary N) is 2. The lowest BCUT2D eigenvalue weighted by atomic mass is 10.0. The molecule has 3 nitrogen and oxygen atoms in total. The molecule has 0 unspecified atom stereocenters. The fraction of sp³-hybridized carbons (Fsp3) is 0.714. The van der Waals surface area contributed by atoms with E-state index in [1.165, 1.54) is 77.0 Å². The van der Waals surface area contributed by atoms with Crippen LogP contribution in [0.1, 0.15) is 90.4 Å². The second-order valence-corrected chi connectivity index (χ2v) is 6.89. The van der Waals surface area contributed by atoms with Crippen molar-refractivity contribution in [2.75, 3.05) is 18.1 Å². The number of rotatable bonds is 15. The molecular formula is C21H38N2O. The zero-order valence-electron chi connectivity index (χ0n) is 15.7. The highest BCUT2D eigenvalue weighted by Gasteiger charge is 2.00. The molecule has 0 aliphatic rings. The van der Waals surface area contributed by atoms with Crippen molar-refractivity contribution in [2.24, 2.45) is 0 Å². The Bertz CT molecular complexity index is 420. The van der Waals surface area contributed by atoms with Crippen LogP contribution in [0.4, 0.5) is 11.4 Å². The summed E-state index contributed by atoms with van der Waals surface area (Å²) >= 11 is 0. The molecule has 0 aromatic heterocycles. The Kier molecular flexibility index (Phi) is 12.1. The Labute approximate surface area is 149 Å². The van der Waals surface area contributed by atoms with Gasteiger partial charge in [-0.2, -0.15) is 0 Å². The van der Waals surface area contributed by atoms with Crippen molar-refractivity contribution in [2.45, 2.75) is 90.4 Å². The summed E-state index contributed by atoms with van der Waals surface area (Å²) < 4.78 is 5.71. The van der Waals surface area contributed by atoms with Crippen LogP contribution in [0.25, 0.3) is 0 Å². The van der Waals surface area contributed by atoms with Crippen molar-refractivity contribution in [3.63, 3.8) is 0 Å². The highest BCUT2D eigenvalue weighted by Crippen LogP contribution is 2.23. The summed E-state index contributed by atoms with van der Waals surface area (Å²) in [5, 5.41) is 0. The molecule has 0 amide bonds. The molecule has 0 atom stereocenters. The molecule has 0 saturated heterocycles. The lowest BCUT2D eigenvalue weighted by Gasteiger charge is -2.09. The molecular weight excluding hydrogens is 296 g/mol. The molecule has 0 radical (unpaired) electrons. The average Bonchev–Trinajstić information content (AvgIpc) is 2.57.